The maximum Gasteiger partial charge on any atom is 0.253 e. The number of likely N-dealkylation sites (N-methyl/N-ethyl adjacent to an activating group) is 1. The van der Waals surface area contributed by atoms with Crippen molar-refractivity contribution in [3.05, 3.63) is 70.8 Å². The lowest BCUT2D eigenvalue weighted by molar-refractivity contribution is -0.117. The number of Topliss-reactive ketones (excluding diaryl/α,β-unsaturated/α-hetero) is 1. The van der Waals surface area contributed by atoms with Crippen LogP contribution in [-0.2, 0) is 11.2 Å². The summed E-state index contributed by atoms with van der Waals surface area (Å²) in [6.07, 6.45) is 1.51. The van der Waals surface area contributed by atoms with Crippen molar-refractivity contribution in [1.29, 1.82) is 0 Å². The molecule has 1 aliphatic rings. The highest BCUT2D eigenvalue weighted by atomic mass is 16.2. The fraction of sp³-hybridized carbons (Fsp3) is 0.385. The van der Waals surface area contributed by atoms with Gasteiger partial charge in [-0.25, -0.2) is 0 Å². The fourth-order valence-corrected chi connectivity index (χ4v) is 3.76. The number of nitrogens with zero attached hydrogens (tertiary/aromatic N) is 2. The van der Waals surface area contributed by atoms with Crippen LogP contribution < -0.4 is 0 Å². The summed E-state index contributed by atoms with van der Waals surface area (Å²) >= 11 is 0. The number of carbonyl (C=O) groups is 2. The van der Waals surface area contributed by atoms with Crippen LogP contribution in [0, 0.1) is 17.8 Å². The Bertz CT molecular complexity index is 945. The number of amides is 1. The third-order valence-electron chi connectivity index (χ3n) is 5.43. The molecular formula is C26H30N2O2. The lowest BCUT2D eigenvalue weighted by atomic mass is 9.96. The van der Waals surface area contributed by atoms with Crippen LogP contribution in [0.2, 0.25) is 0 Å². The van der Waals surface area contributed by atoms with E-state index in [2.05, 4.69) is 42.8 Å². The van der Waals surface area contributed by atoms with Gasteiger partial charge in [0.1, 0.15) is 5.78 Å². The Balaban J connectivity index is 1.64. The van der Waals surface area contributed by atoms with Gasteiger partial charge in [0, 0.05) is 49.3 Å². The monoisotopic (exact) mass is 402 g/mol. The van der Waals surface area contributed by atoms with Gasteiger partial charge < -0.3 is 14.6 Å². The zero-order chi connectivity index (χ0) is 21.5. The Morgan fingerprint density at radius 1 is 0.967 bits per heavy atom. The van der Waals surface area contributed by atoms with Crippen molar-refractivity contribution < 1.29 is 9.59 Å². The molecule has 1 atom stereocenters. The van der Waals surface area contributed by atoms with E-state index in [9.17, 15) is 9.59 Å². The summed E-state index contributed by atoms with van der Waals surface area (Å²) < 4.78 is 0. The Kier molecular flexibility index (Phi) is 7.43. The minimum absolute atomic E-state index is 0.0794. The minimum Gasteiger partial charge on any atom is -0.336 e. The number of rotatable bonds is 5. The lowest BCUT2D eigenvalue weighted by Gasteiger charge is -2.32. The van der Waals surface area contributed by atoms with E-state index < -0.39 is 0 Å². The summed E-state index contributed by atoms with van der Waals surface area (Å²) in [7, 11) is 2.08. The van der Waals surface area contributed by atoms with Crippen LogP contribution in [0.1, 0.15) is 47.3 Å². The van der Waals surface area contributed by atoms with E-state index in [1.165, 1.54) is 5.56 Å². The predicted molar refractivity (Wildman–Crippen MR) is 120 cm³/mol. The van der Waals surface area contributed by atoms with Crippen molar-refractivity contribution >= 4 is 11.7 Å². The van der Waals surface area contributed by atoms with Gasteiger partial charge in [-0.15, -0.1) is 0 Å². The van der Waals surface area contributed by atoms with Gasteiger partial charge in [-0.05, 0) is 62.2 Å². The zero-order valence-corrected chi connectivity index (χ0v) is 18.1. The van der Waals surface area contributed by atoms with Crippen LogP contribution in [0.15, 0.2) is 48.5 Å². The molecule has 4 heteroatoms. The highest BCUT2D eigenvalue weighted by Crippen LogP contribution is 2.14. The predicted octanol–water partition coefficient (Wildman–Crippen LogP) is 3.63. The molecule has 2 aromatic rings. The number of ketones is 1. The van der Waals surface area contributed by atoms with E-state index in [1.54, 1.807) is 6.92 Å². The van der Waals surface area contributed by atoms with E-state index in [0.717, 1.165) is 43.7 Å². The SMILES string of the molecule is CC(=O)CC(C)Cc1ccc(C#Cc2cccc(C(=O)N3CCN(C)CC3)c2)cc1. The van der Waals surface area contributed by atoms with Crippen molar-refractivity contribution in [1.82, 2.24) is 9.80 Å². The third kappa shape index (κ3) is 6.30. The second kappa shape index (κ2) is 10.2. The van der Waals surface area contributed by atoms with Crippen LogP contribution in [0.5, 0.6) is 0 Å². The van der Waals surface area contributed by atoms with Crippen LogP contribution in [-0.4, -0.2) is 54.7 Å². The lowest BCUT2D eigenvalue weighted by Crippen LogP contribution is -2.47. The standard InChI is InChI=1S/C26H30N2O2/c1-20(17-21(2)29)18-24-11-8-22(9-12-24)7-10-23-5-4-6-25(19-23)26(30)28-15-13-27(3)14-16-28/h4-6,8-9,11-12,19-20H,13-18H2,1-3H3. The number of carbonyl (C=O) groups excluding carboxylic acids is 2. The molecule has 30 heavy (non-hydrogen) atoms. The average Bonchev–Trinajstić information content (AvgIpc) is 2.73. The first kappa shape index (κ1) is 21.8. The Morgan fingerprint density at radius 2 is 1.63 bits per heavy atom. The average molecular weight is 403 g/mol. The molecule has 1 saturated heterocycles. The van der Waals surface area contributed by atoms with E-state index in [4.69, 9.17) is 0 Å². The molecule has 1 amide bonds. The maximum atomic E-state index is 12.8. The second-order valence-electron chi connectivity index (χ2n) is 8.34. The quantitative estimate of drug-likeness (QED) is 0.717. The van der Waals surface area contributed by atoms with Crippen LogP contribution in [0.4, 0.5) is 0 Å². The van der Waals surface area contributed by atoms with Gasteiger partial charge in [0.2, 0.25) is 0 Å². The Morgan fingerprint density at radius 3 is 2.30 bits per heavy atom. The number of piperazine rings is 1. The first-order valence-corrected chi connectivity index (χ1v) is 10.6. The van der Waals surface area contributed by atoms with Crippen molar-refractivity contribution in [2.24, 2.45) is 5.92 Å². The molecule has 1 fully saturated rings. The summed E-state index contributed by atoms with van der Waals surface area (Å²) in [4.78, 5) is 28.2. The molecule has 4 nitrogen and oxygen atoms in total. The Labute approximate surface area is 179 Å². The van der Waals surface area contributed by atoms with Gasteiger partial charge >= 0.3 is 0 Å². The molecule has 0 N–H and O–H groups in total. The topological polar surface area (TPSA) is 40.6 Å². The molecule has 3 rings (SSSR count). The largest absolute Gasteiger partial charge is 0.336 e. The van der Waals surface area contributed by atoms with Gasteiger partial charge in [-0.2, -0.15) is 0 Å². The summed E-state index contributed by atoms with van der Waals surface area (Å²) in [6.45, 7) is 7.10. The molecule has 0 radical (unpaired) electrons. The molecule has 1 unspecified atom stereocenters. The van der Waals surface area contributed by atoms with Crippen LogP contribution >= 0.6 is 0 Å². The van der Waals surface area contributed by atoms with Crippen LogP contribution in [0.3, 0.4) is 0 Å². The number of benzene rings is 2. The van der Waals surface area contributed by atoms with Crippen LogP contribution in [0.25, 0.3) is 0 Å². The van der Waals surface area contributed by atoms with Gasteiger partial charge in [0.05, 0.1) is 0 Å². The van der Waals surface area contributed by atoms with E-state index in [0.29, 0.717) is 17.9 Å². The second-order valence-corrected chi connectivity index (χ2v) is 8.34. The van der Waals surface area contributed by atoms with Crippen molar-refractivity contribution in [3.63, 3.8) is 0 Å². The molecule has 0 aromatic heterocycles. The van der Waals surface area contributed by atoms with E-state index in [1.807, 2.05) is 41.3 Å². The van der Waals surface area contributed by atoms with Crippen molar-refractivity contribution in [3.8, 4) is 11.8 Å². The van der Waals surface area contributed by atoms with Gasteiger partial charge in [-0.3, -0.25) is 4.79 Å². The van der Waals surface area contributed by atoms with Gasteiger partial charge in [0.15, 0.2) is 0 Å². The third-order valence-corrected chi connectivity index (χ3v) is 5.43. The Hall–Kier alpha value is -2.90. The molecule has 1 aliphatic heterocycles. The highest BCUT2D eigenvalue weighted by Gasteiger charge is 2.20. The zero-order valence-electron chi connectivity index (χ0n) is 18.1. The molecule has 1 heterocycles. The fourth-order valence-electron chi connectivity index (χ4n) is 3.76. The molecule has 2 aromatic carbocycles. The van der Waals surface area contributed by atoms with Gasteiger partial charge in [-0.1, -0.05) is 37.0 Å². The van der Waals surface area contributed by atoms with E-state index in [-0.39, 0.29) is 11.7 Å². The molecule has 0 aliphatic carbocycles. The minimum atomic E-state index is 0.0794. The normalized spacial score (nSPS) is 15.2. The molecule has 0 spiro atoms. The maximum absolute atomic E-state index is 12.8. The van der Waals surface area contributed by atoms with Gasteiger partial charge in [0.25, 0.3) is 5.91 Å². The molecule has 156 valence electrons. The summed E-state index contributed by atoms with van der Waals surface area (Å²) in [5.41, 5.74) is 3.69. The summed E-state index contributed by atoms with van der Waals surface area (Å²) in [5, 5.41) is 0. The first-order valence-electron chi connectivity index (χ1n) is 10.6. The highest BCUT2D eigenvalue weighted by molar-refractivity contribution is 5.94. The number of hydrogen-bond donors (Lipinski definition) is 0. The van der Waals surface area contributed by atoms with Crippen molar-refractivity contribution in [2.45, 2.75) is 26.7 Å². The summed E-state index contributed by atoms with van der Waals surface area (Å²) in [6, 6.07) is 15.8. The smallest absolute Gasteiger partial charge is 0.253 e. The molecular weight excluding hydrogens is 372 g/mol. The van der Waals surface area contributed by atoms with Crippen molar-refractivity contribution in [2.75, 3.05) is 33.2 Å². The molecule has 0 saturated carbocycles. The summed E-state index contributed by atoms with van der Waals surface area (Å²) in [5.74, 6) is 7.03. The first-order chi connectivity index (χ1) is 14.4. The molecule has 0 bridgehead atoms. The van der Waals surface area contributed by atoms with E-state index >= 15 is 0 Å². The number of hydrogen-bond acceptors (Lipinski definition) is 3.